The van der Waals surface area contributed by atoms with Gasteiger partial charge in [0.1, 0.15) is 5.52 Å². The predicted octanol–water partition coefficient (Wildman–Crippen LogP) is 4.70. The van der Waals surface area contributed by atoms with E-state index in [0.717, 1.165) is 36.8 Å². The topological polar surface area (TPSA) is 59.8 Å². The third-order valence-electron chi connectivity index (χ3n) is 5.92. The number of nitrogens with one attached hydrogen (secondary N) is 1. The molecular formula is C20H28N4O. The van der Waals surface area contributed by atoms with Gasteiger partial charge in [0, 0.05) is 18.7 Å². The maximum Gasteiger partial charge on any atom is 0.226 e. The van der Waals surface area contributed by atoms with Gasteiger partial charge in [0.05, 0.1) is 0 Å². The van der Waals surface area contributed by atoms with E-state index in [1.807, 2.05) is 12.1 Å². The number of anilines is 1. The molecule has 2 heterocycles. The lowest BCUT2D eigenvalue weighted by molar-refractivity contribution is -0.117. The minimum absolute atomic E-state index is 0.0959. The standard InChI is InChI=1S/C20H28N4O/c1-20(2)10-4-6-14(13-20)12-17(25)23-19-22-16-9-5-11-21-18(16)24(19)15-7-3-8-15/h5,9,11,14-15H,3-4,6-8,10,12-13H2,1-2H3,(H,22,23,25). The van der Waals surface area contributed by atoms with Gasteiger partial charge in [0.25, 0.3) is 0 Å². The minimum atomic E-state index is 0.0959. The lowest BCUT2D eigenvalue weighted by Crippen LogP contribution is -2.27. The molecule has 0 spiro atoms. The molecule has 1 N–H and O–H groups in total. The van der Waals surface area contributed by atoms with Gasteiger partial charge in [0.15, 0.2) is 5.65 Å². The van der Waals surface area contributed by atoms with Crippen molar-refractivity contribution in [1.82, 2.24) is 14.5 Å². The zero-order valence-electron chi connectivity index (χ0n) is 15.3. The van der Waals surface area contributed by atoms with Crippen LogP contribution >= 0.6 is 0 Å². The van der Waals surface area contributed by atoms with Crippen LogP contribution in [0.2, 0.25) is 0 Å². The van der Waals surface area contributed by atoms with Crippen molar-refractivity contribution in [3.05, 3.63) is 18.3 Å². The lowest BCUT2D eigenvalue weighted by Gasteiger charge is -2.35. The Morgan fingerprint density at radius 1 is 1.32 bits per heavy atom. The van der Waals surface area contributed by atoms with Gasteiger partial charge in [-0.2, -0.15) is 0 Å². The number of pyridine rings is 1. The van der Waals surface area contributed by atoms with Crippen molar-refractivity contribution >= 4 is 23.0 Å². The second kappa shape index (κ2) is 6.43. The second-order valence-corrected chi connectivity index (χ2v) is 8.62. The highest BCUT2D eigenvalue weighted by Crippen LogP contribution is 2.40. The number of imidazole rings is 1. The fourth-order valence-corrected chi connectivity index (χ4v) is 4.48. The van der Waals surface area contributed by atoms with Gasteiger partial charge in [-0.05, 0) is 62.0 Å². The molecule has 2 fully saturated rings. The van der Waals surface area contributed by atoms with Crippen LogP contribution in [0.1, 0.15) is 71.3 Å². The quantitative estimate of drug-likeness (QED) is 0.877. The molecular weight excluding hydrogens is 312 g/mol. The summed E-state index contributed by atoms with van der Waals surface area (Å²) in [6.45, 7) is 4.64. The van der Waals surface area contributed by atoms with Gasteiger partial charge in [-0.3, -0.25) is 14.7 Å². The molecule has 2 saturated carbocycles. The Bertz CT molecular complexity index is 775. The summed E-state index contributed by atoms with van der Waals surface area (Å²) in [5.41, 5.74) is 2.12. The highest BCUT2D eigenvalue weighted by atomic mass is 16.1. The number of carbonyl (C=O) groups excluding carboxylic acids is 1. The van der Waals surface area contributed by atoms with Gasteiger partial charge < -0.3 is 0 Å². The Hall–Kier alpha value is -1.91. The number of amides is 1. The highest BCUT2D eigenvalue weighted by molar-refractivity contribution is 5.91. The van der Waals surface area contributed by atoms with Crippen molar-refractivity contribution in [2.24, 2.45) is 11.3 Å². The van der Waals surface area contributed by atoms with E-state index in [1.54, 1.807) is 6.20 Å². The van der Waals surface area contributed by atoms with E-state index in [0.29, 0.717) is 29.7 Å². The molecule has 2 aliphatic rings. The molecule has 0 saturated heterocycles. The van der Waals surface area contributed by atoms with Crippen LogP contribution in [0.5, 0.6) is 0 Å². The first-order valence-electron chi connectivity index (χ1n) is 9.65. The number of rotatable bonds is 4. The molecule has 0 radical (unpaired) electrons. The van der Waals surface area contributed by atoms with Crippen molar-refractivity contribution in [1.29, 1.82) is 0 Å². The summed E-state index contributed by atoms with van der Waals surface area (Å²) in [6, 6.07) is 4.29. The van der Waals surface area contributed by atoms with Gasteiger partial charge in [-0.15, -0.1) is 0 Å². The van der Waals surface area contributed by atoms with Crippen LogP contribution in [0.4, 0.5) is 5.95 Å². The third-order valence-corrected chi connectivity index (χ3v) is 5.92. The van der Waals surface area contributed by atoms with E-state index in [-0.39, 0.29) is 5.91 Å². The summed E-state index contributed by atoms with van der Waals surface area (Å²) < 4.78 is 2.14. The zero-order valence-corrected chi connectivity index (χ0v) is 15.3. The van der Waals surface area contributed by atoms with Crippen molar-refractivity contribution in [2.45, 2.75) is 71.3 Å². The van der Waals surface area contributed by atoms with Gasteiger partial charge in [-0.1, -0.05) is 20.3 Å². The molecule has 4 rings (SSSR count). The van der Waals surface area contributed by atoms with E-state index < -0.39 is 0 Å². The fraction of sp³-hybridized carbons (Fsp3) is 0.650. The molecule has 25 heavy (non-hydrogen) atoms. The van der Waals surface area contributed by atoms with Crippen LogP contribution < -0.4 is 5.32 Å². The fourth-order valence-electron chi connectivity index (χ4n) is 4.48. The molecule has 0 bridgehead atoms. The lowest BCUT2D eigenvalue weighted by atomic mass is 9.71. The van der Waals surface area contributed by atoms with E-state index in [9.17, 15) is 4.79 Å². The zero-order chi connectivity index (χ0) is 17.4. The van der Waals surface area contributed by atoms with Crippen molar-refractivity contribution in [3.63, 3.8) is 0 Å². The van der Waals surface area contributed by atoms with Gasteiger partial charge in [-0.25, -0.2) is 9.97 Å². The maximum absolute atomic E-state index is 12.7. The SMILES string of the molecule is CC1(C)CCCC(CC(=O)Nc2nc3cccnc3n2C2CCC2)C1. The Labute approximate surface area is 149 Å². The summed E-state index contributed by atoms with van der Waals surface area (Å²) in [6.07, 6.45) is 10.7. The molecule has 2 aliphatic carbocycles. The largest absolute Gasteiger partial charge is 0.296 e. The average molecular weight is 340 g/mol. The molecule has 1 amide bonds. The first-order valence-corrected chi connectivity index (χ1v) is 9.65. The van der Waals surface area contributed by atoms with Crippen LogP contribution in [0, 0.1) is 11.3 Å². The summed E-state index contributed by atoms with van der Waals surface area (Å²) in [7, 11) is 0. The summed E-state index contributed by atoms with van der Waals surface area (Å²) in [5.74, 6) is 1.26. The smallest absolute Gasteiger partial charge is 0.226 e. The first kappa shape index (κ1) is 16.6. The van der Waals surface area contributed by atoms with Crippen LogP contribution in [0.3, 0.4) is 0 Å². The molecule has 1 atom stereocenters. The monoisotopic (exact) mass is 340 g/mol. The van der Waals surface area contributed by atoms with Gasteiger partial charge in [0.2, 0.25) is 11.9 Å². The number of hydrogen-bond donors (Lipinski definition) is 1. The van der Waals surface area contributed by atoms with Crippen molar-refractivity contribution in [2.75, 3.05) is 5.32 Å². The van der Waals surface area contributed by atoms with E-state index in [1.165, 1.54) is 19.3 Å². The molecule has 134 valence electrons. The number of nitrogens with zero attached hydrogens (tertiary/aromatic N) is 3. The second-order valence-electron chi connectivity index (χ2n) is 8.62. The van der Waals surface area contributed by atoms with Crippen molar-refractivity contribution < 1.29 is 4.79 Å². The maximum atomic E-state index is 12.7. The summed E-state index contributed by atoms with van der Waals surface area (Å²) >= 11 is 0. The molecule has 1 unspecified atom stereocenters. The Morgan fingerprint density at radius 3 is 2.88 bits per heavy atom. The molecule has 0 aromatic carbocycles. The van der Waals surface area contributed by atoms with Crippen molar-refractivity contribution in [3.8, 4) is 0 Å². The van der Waals surface area contributed by atoms with Crippen LogP contribution in [0.25, 0.3) is 11.2 Å². The first-order chi connectivity index (χ1) is 12.0. The Morgan fingerprint density at radius 2 is 2.16 bits per heavy atom. The Balaban J connectivity index is 1.51. The van der Waals surface area contributed by atoms with E-state index in [4.69, 9.17) is 0 Å². The highest BCUT2D eigenvalue weighted by Gasteiger charge is 2.30. The molecule has 2 aromatic heterocycles. The third kappa shape index (κ3) is 3.42. The molecule has 2 aromatic rings. The number of fused-ring (bicyclic) bond motifs is 1. The molecule has 5 nitrogen and oxygen atoms in total. The predicted molar refractivity (Wildman–Crippen MR) is 99.4 cm³/mol. The van der Waals surface area contributed by atoms with Crippen LogP contribution in [0.15, 0.2) is 18.3 Å². The Kier molecular flexibility index (Phi) is 4.26. The number of hydrogen-bond acceptors (Lipinski definition) is 3. The normalized spacial score (nSPS) is 23.4. The number of aromatic nitrogens is 3. The van der Waals surface area contributed by atoms with E-state index >= 15 is 0 Å². The van der Waals surface area contributed by atoms with Crippen LogP contribution in [-0.4, -0.2) is 20.4 Å². The molecule has 0 aliphatic heterocycles. The number of carbonyl (C=O) groups is 1. The molecule has 5 heteroatoms. The summed E-state index contributed by atoms with van der Waals surface area (Å²) in [4.78, 5) is 21.8. The minimum Gasteiger partial charge on any atom is -0.296 e. The average Bonchev–Trinajstić information content (AvgIpc) is 2.83. The van der Waals surface area contributed by atoms with E-state index in [2.05, 4.69) is 33.7 Å². The summed E-state index contributed by atoms with van der Waals surface area (Å²) in [5, 5.41) is 3.10. The van der Waals surface area contributed by atoms with Gasteiger partial charge >= 0.3 is 0 Å². The van der Waals surface area contributed by atoms with Crippen LogP contribution in [-0.2, 0) is 4.79 Å².